The van der Waals surface area contributed by atoms with E-state index in [9.17, 15) is 13.2 Å². The van der Waals surface area contributed by atoms with Crippen LogP contribution in [0, 0.1) is 0 Å². The Morgan fingerprint density at radius 3 is 2.46 bits per heavy atom. The number of hydrogen-bond donors (Lipinski definition) is 1. The van der Waals surface area contributed by atoms with Crippen LogP contribution in [0.3, 0.4) is 0 Å². The van der Waals surface area contributed by atoms with Crippen LogP contribution < -0.4 is 5.32 Å². The largest absolute Gasteiger partial charge is 0.326 e. The highest BCUT2D eigenvalue weighted by atomic mass is 35.5. The van der Waals surface area contributed by atoms with Crippen LogP contribution in [0.1, 0.15) is 31.2 Å². The summed E-state index contributed by atoms with van der Waals surface area (Å²) in [6, 6.07) is 11.5. The number of amides is 1. The number of carbonyl (C=O) groups is 1. The maximum atomic E-state index is 12.7. The Kier molecular flexibility index (Phi) is 5.90. The molecule has 0 spiro atoms. The average Bonchev–Trinajstić information content (AvgIpc) is 3.14. The summed E-state index contributed by atoms with van der Waals surface area (Å²) in [5, 5.41) is 3.25. The molecule has 2 aromatic carbocycles. The van der Waals surface area contributed by atoms with Crippen molar-refractivity contribution in [3.63, 3.8) is 0 Å². The van der Waals surface area contributed by atoms with Crippen LogP contribution in [0.5, 0.6) is 0 Å². The molecule has 1 N–H and O–H groups in total. The van der Waals surface area contributed by atoms with Gasteiger partial charge in [0, 0.05) is 5.69 Å². The van der Waals surface area contributed by atoms with Crippen molar-refractivity contribution in [2.45, 2.75) is 42.2 Å². The Morgan fingerprint density at radius 2 is 1.77 bits per heavy atom. The predicted octanol–water partition coefficient (Wildman–Crippen LogP) is 4.89. The molecule has 0 radical (unpaired) electrons. The molecule has 138 valence electrons. The number of nitrogens with one attached hydrogen (secondary N) is 1. The third kappa shape index (κ3) is 4.40. The van der Waals surface area contributed by atoms with Crippen molar-refractivity contribution >= 4 is 44.6 Å². The maximum absolute atomic E-state index is 12.7. The van der Waals surface area contributed by atoms with Crippen molar-refractivity contribution in [2.75, 3.05) is 5.32 Å². The topological polar surface area (TPSA) is 63.2 Å². The van der Waals surface area contributed by atoms with E-state index in [1.165, 1.54) is 6.07 Å². The van der Waals surface area contributed by atoms with Crippen LogP contribution >= 0.6 is 23.2 Å². The molecule has 0 unspecified atom stereocenters. The van der Waals surface area contributed by atoms with Gasteiger partial charge < -0.3 is 5.32 Å². The summed E-state index contributed by atoms with van der Waals surface area (Å²) in [6.07, 6.45) is 3.43. The van der Waals surface area contributed by atoms with Gasteiger partial charge in [0.2, 0.25) is 5.91 Å². The van der Waals surface area contributed by atoms with E-state index in [2.05, 4.69) is 5.32 Å². The van der Waals surface area contributed by atoms with Crippen LogP contribution in [0.2, 0.25) is 10.0 Å². The lowest BCUT2D eigenvalue weighted by Crippen LogP contribution is -2.19. The maximum Gasteiger partial charge on any atom is 0.228 e. The minimum Gasteiger partial charge on any atom is -0.326 e. The van der Waals surface area contributed by atoms with Crippen molar-refractivity contribution in [3.05, 3.63) is 58.1 Å². The minimum absolute atomic E-state index is 0.122. The number of rotatable bonds is 5. The van der Waals surface area contributed by atoms with Crippen molar-refractivity contribution in [2.24, 2.45) is 0 Å². The molecule has 0 aromatic heterocycles. The SMILES string of the molecule is O=C(Cc1ccc(Cl)c(Cl)c1)Nc1cccc(S(=O)(=O)C2CCCC2)c1. The van der Waals surface area contributed by atoms with E-state index in [0.717, 1.165) is 18.4 Å². The van der Waals surface area contributed by atoms with Gasteiger partial charge in [0.15, 0.2) is 9.84 Å². The molecule has 1 fully saturated rings. The number of sulfone groups is 1. The minimum atomic E-state index is -3.35. The number of benzene rings is 2. The number of halogens is 2. The fourth-order valence-corrected chi connectivity index (χ4v) is 5.40. The number of hydrogen-bond acceptors (Lipinski definition) is 3. The van der Waals surface area contributed by atoms with Crippen molar-refractivity contribution < 1.29 is 13.2 Å². The Morgan fingerprint density at radius 1 is 1.04 bits per heavy atom. The van der Waals surface area contributed by atoms with Gasteiger partial charge in [-0.15, -0.1) is 0 Å². The van der Waals surface area contributed by atoms with Gasteiger partial charge in [-0.3, -0.25) is 4.79 Å². The molecule has 1 aliphatic carbocycles. The van der Waals surface area contributed by atoms with Crippen LogP contribution in [0.15, 0.2) is 47.4 Å². The summed E-state index contributed by atoms with van der Waals surface area (Å²) in [7, 11) is -3.35. The lowest BCUT2D eigenvalue weighted by molar-refractivity contribution is -0.115. The molecular weight excluding hydrogens is 393 g/mol. The van der Waals surface area contributed by atoms with E-state index in [1.54, 1.807) is 36.4 Å². The predicted molar refractivity (Wildman–Crippen MR) is 105 cm³/mol. The van der Waals surface area contributed by atoms with Crippen molar-refractivity contribution in [3.8, 4) is 0 Å². The summed E-state index contributed by atoms with van der Waals surface area (Å²) in [5.41, 5.74) is 1.20. The van der Waals surface area contributed by atoms with Crippen molar-refractivity contribution in [1.82, 2.24) is 0 Å². The van der Waals surface area contributed by atoms with Gasteiger partial charge in [0.05, 0.1) is 26.6 Å². The molecule has 2 aromatic rings. The Labute approximate surface area is 163 Å². The van der Waals surface area contributed by atoms with E-state index in [4.69, 9.17) is 23.2 Å². The van der Waals surface area contributed by atoms with Gasteiger partial charge in [0.25, 0.3) is 0 Å². The van der Waals surface area contributed by atoms with E-state index in [1.807, 2.05) is 0 Å². The highest BCUT2D eigenvalue weighted by molar-refractivity contribution is 7.92. The first kappa shape index (κ1) is 19.2. The molecular formula is C19H19Cl2NO3S. The highest BCUT2D eigenvalue weighted by Gasteiger charge is 2.30. The standard InChI is InChI=1S/C19H19Cl2NO3S/c20-17-9-8-13(10-18(17)21)11-19(23)22-14-4-3-7-16(12-14)26(24,25)15-5-1-2-6-15/h3-4,7-10,12,15H,1-2,5-6,11H2,(H,22,23). The van der Waals surface area contributed by atoms with Crippen LogP contribution in [-0.2, 0) is 21.1 Å². The zero-order valence-corrected chi connectivity index (χ0v) is 16.4. The third-order valence-corrected chi connectivity index (χ3v) is 7.54. The molecule has 1 aliphatic rings. The Balaban J connectivity index is 1.72. The van der Waals surface area contributed by atoms with E-state index < -0.39 is 9.84 Å². The molecule has 1 saturated carbocycles. The van der Waals surface area contributed by atoms with Gasteiger partial charge in [-0.1, -0.05) is 48.2 Å². The summed E-state index contributed by atoms with van der Waals surface area (Å²) in [5.74, 6) is -0.251. The summed E-state index contributed by atoms with van der Waals surface area (Å²) < 4.78 is 25.4. The smallest absolute Gasteiger partial charge is 0.228 e. The first-order valence-electron chi connectivity index (χ1n) is 8.44. The van der Waals surface area contributed by atoms with Gasteiger partial charge in [-0.25, -0.2) is 8.42 Å². The highest BCUT2D eigenvalue weighted by Crippen LogP contribution is 2.30. The van der Waals surface area contributed by atoms with Gasteiger partial charge in [-0.2, -0.15) is 0 Å². The zero-order valence-electron chi connectivity index (χ0n) is 14.0. The molecule has 0 bridgehead atoms. The molecule has 4 nitrogen and oxygen atoms in total. The first-order chi connectivity index (χ1) is 12.4. The molecule has 0 heterocycles. The van der Waals surface area contributed by atoms with Gasteiger partial charge in [0.1, 0.15) is 0 Å². The Hall–Kier alpha value is -1.56. The van der Waals surface area contributed by atoms with Crippen LogP contribution in [0.4, 0.5) is 5.69 Å². The van der Waals surface area contributed by atoms with Gasteiger partial charge >= 0.3 is 0 Å². The zero-order chi connectivity index (χ0) is 18.7. The first-order valence-corrected chi connectivity index (χ1v) is 10.7. The second-order valence-corrected chi connectivity index (χ2v) is 9.50. The van der Waals surface area contributed by atoms with Crippen LogP contribution in [-0.4, -0.2) is 19.6 Å². The summed E-state index contributed by atoms with van der Waals surface area (Å²) in [6.45, 7) is 0. The molecule has 26 heavy (non-hydrogen) atoms. The van der Waals surface area contributed by atoms with E-state index >= 15 is 0 Å². The monoisotopic (exact) mass is 411 g/mol. The number of anilines is 1. The fourth-order valence-electron chi connectivity index (χ4n) is 3.18. The van der Waals surface area contributed by atoms with Gasteiger partial charge in [-0.05, 0) is 48.7 Å². The third-order valence-electron chi connectivity index (χ3n) is 4.54. The summed E-state index contributed by atoms with van der Waals surface area (Å²) in [4.78, 5) is 12.5. The molecule has 3 rings (SSSR count). The fraction of sp³-hybridized carbons (Fsp3) is 0.316. The van der Waals surface area contributed by atoms with E-state index in [-0.39, 0.29) is 22.5 Å². The second-order valence-electron chi connectivity index (χ2n) is 6.45. The molecule has 0 saturated heterocycles. The lowest BCUT2D eigenvalue weighted by Gasteiger charge is -2.13. The average molecular weight is 412 g/mol. The quantitative estimate of drug-likeness (QED) is 0.761. The molecule has 0 atom stereocenters. The molecule has 7 heteroatoms. The molecule has 0 aliphatic heterocycles. The lowest BCUT2D eigenvalue weighted by atomic mass is 10.1. The number of carbonyl (C=O) groups excluding carboxylic acids is 1. The Bertz CT molecular complexity index is 922. The molecule has 1 amide bonds. The second kappa shape index (κ2) is 7.99. The van der Waals surface area contributed by atoms with Crippen LogP contribution in [0.25, 0.3) is 0 Å². The van der Waals surface area contributed by atoms with Crippen molar-refractivity contribution in [1.29, 1.82) is 0 Å². The normalized spacial score (nSPS) is 15.2. The summed E-state index contributed by atoms with van der Waals surface area (Å²) >= 11 is 11.8. The van der Waals surface area contributed by atoms with E-state index in [0.29, 0.717) is 28.6 Å².